The van der Waals surface area contributed by atoms with E-state index in [1.165, 1.54) is 0 Å². The number of halogens is 2. The topological polar surface area (TPSA) is 49.3 Å². The third-order valence-corrected chi connectivity index (χ3v) is 3.98. The van der Waals surface area contributed by atoms with Crippen molar-refractivity contribution < 1.29 is 9.90 Å². The Bertz CT molecular complexity index is 673. The predicted molar refractivity (Wildman–Crippen MR) is 89.4 cm³/mol. The van der Waals surface area contributed by atoms with Gasteiger partial charge in [-0.1, -0.05) is 47.5 Å². The molecule has 0 bridgehead atoms. The third kappa shape index (κ3) is 4.39. The maximum atomic E-state index is 12.0. The lowest BCUT2D eigenvalue weighted by molar-refractivity contribution is -0.121. The second kappa shape index (κ2) is 7.52. The Morgan fingerprint density at radius 2 is 1.95 bits per heavy atom. The fraction of sp³-hybridized carbons (Fsp3) is 0.235. The summed E-state index contributed by atoms with van der Waals surface area (Å²) >= 11 is 12.0. The molecular formula is C17H17Cl2NO2. The molecule has 3 nitrogen and oxygen atoms in total. The molecule has 0 saturated heterocycles. The molecule has 5 heteroatoms. The summed E-state index contributed by atoms with van der Waals surface area (Å²) in [6.45, 7) is 1.87. The number of hydrogen-bond acceptors (Lipinski definition) is 2. The van der Waals surface area contributed by atoms with Gasteiger partial charge in [0.15, 0.2) is 0 Å². The first-order chi connectivity index (χ1) is 10.5. The van der Waals surface area contributed by atoms with Gasteiger partial charge in [0.1, 0.15) is 5.75 Å². The Morgan fingerprint density at radius 1 is 1.23 bits per heavy atom. The van der Waals surface area contributed by atoms with Crippen LogP contribution in [0.1, 0.15) is 30.5 Å². The lowest BCUT2D eigenvalue weighted by atomic mass is 10.1. The summed E-state index contributed by atoms with van der Waals surface area (Å²) in [6, 6.07) is 12.0. The molecule has 2 rings (SSSR count). The highest BCUT2D eigenvalue weighted by Crippen LogP contribution is 2.26. The van der Waals surface area contributed by atoms with Crippen LogP contribution in [0.5, 0.6) is 5.75 Å². The van der Waals surface area contributed by atoms with Crippen LogP contribution in [0, 0.1) is 0 Å². The first-order valence-corrected chi connectivity index (χ1v) is 7.74. The number of carbonyl (C=O) groups is 1. The third-order valence-electron chi connectivity index (χ3n) is 3.42. The second-order valence-electron chi connectivity index (χ2n) is 5.08. The Kier molecular flexibility index (Phi) is 5.69. The summed E-state index contributed by atoms with van der Waals surface area (Å²) in [5, 5.41) is 13.7. The van der Waals surface area contributed by atoms with E-state index in [4.69, 9.17) is 23.2 Å². The van der Waals surface area contributed by atoms with Gasteiger partial charge in [0.25, 0.3) is 0 Å². The van der Waals surface area contributed by atoms with Gasteiger partial charge in [-0.15, -0.1) is 0 Å². The van der Waals surface area contributed by atoms with Gasteiger partial charge in [-0.2, -0.15) is 0 Å². The standard InChI is InChI=1S/C17H17Cl2NO2/c1-11(14-8-7-13(18)10-15(14)19)20-17(22)9-6-12-4-2-3-5-16(12)21/h2-5,7-8,10-11,21H,6,9H2,1H3,(H,20,22). The second-order valence-corrected chi connectivity index (χ2v) is 5.93. The van der Waals surface area contributed by atoms with Crippen LogP contribution < -0.4 is 5.32 Å². The Morgan fingerprint density at radius 3 is 2.64 bits per heavy atom. The molecule has 1 amide bonds. The molecule has 0 fully saturated rings. The van der Waals surface area contributed by atoms with Crippen LogP contribution in [0.25, 0.3) is 0 Å². The Hall–Kier alpha value is -1.71. The van der Waals surface area contributed by atoms with E-state index in [0.29, 0.717) is 22.9 Å². The van der Waals surface area contributed by atoms with Crippen LogP contribution in [0.2, 0.25) is 10.0 Å². The summed E-state index contributed by atoms with van der Waals surface area (Å²) < 4.78 is 0. The molecule has 22 heavy (non-hydrogen) atoms. The van der Waals surface area contributed by atoms with E-state index in [2.05, 4.69) is 5.32 Å². The van der Waals surface area contributed by atoms with Crippen molar-refractivity contribution in [2.24, 2.45) is 0 Å². The molecule has 0 radical (unpaired) electrons. The zero-order valence-corrected chi connectivity index (χ0v) is 13.7. The van der Waals surface area contributed by atoms with E-state index in [-0.39, 0.29) is 17.7 Å². The number of carbonyl (C=O) groups excluding carboxylic acids is 1. The number of aromatic hydroxyl groups is 1. The summed E-state index contributed by atoms with van der Waals surface area (Å²) in [5.41, 5.74) is 1.58. The molecule has 1 unspecified atom stereocenters. The van der Waals surface area contributed by atoms with Crippen LogP contribution in [-0.4, -0.2) is 11.0 Å². The molecule has 1 atom stereocenters. The molecule has 0 aromatic heterocycles. The molecule has 2 aromatic carbocycles. The van der Waals surface area contributed by atoms with E-state index < -0.39 is 0 Å². The normalized spacial score (nSPS) is 12.0. The molecule has 2 N–H and O–H groups in total. The fourth-order valence-electron chi connectivity index (χ4n) is 2.21. The van der Waals surface area contributed by atoms with Crippen molar-refractivity contribution in [3.63, 3.8) is 0 Å². The lowest BCUT2D eigenvalue weighted by Crippen LogP contribution is -2.27. The van der Waals surface area contributed by atoms with Crippen molar-refractivity contribution in [3.8, 4) is 5.75 Å². The van der Waals surface area contributed by atoms with E-state index >= 15 is 0 Å². The minimum Gasteiger partial charge on any atom is -0.508 e. The molecule has 0 aliphatic carbocycles. The van der Waals surface area contributed by atoms with E-state index in [1.807, 2.05) is 19.1 Å². The smallest absolute Gasteiger partial charge is 0.220 e. The molecule has 116 valence electrons. The summed E-state index contributed by atoms with van der Waals surface area (Å²) in [5.74, 6) is 0.117. The van der Waals surface area contributed by atoms with Crippen molar-refractivity contribution in [1.82, 2.24) is 5.32 Å². The van der Waals surface area contributed by atoms with E-state index in [0.717, 1.165) is 11.1 Å². The van der Waals surface area contributed by atoms with Crippen LogP contribution in [-0.2, 0) is 11.2 Å². The molecular weight excluding hydrogens is 321 g/mol. The maximum Gasteiger partial charge on any atom is 0.220 e. The Balaban J connectivity index is 1.93. The molecule has 2 aromatic rings. The average Bonchev–Trinajstić information content (AvgIpc) is 2.46. The van der Waals surface area contributed by atoms with E-state index in [9.17, 15) is 9.90 Å². The van der Waals surface area contributed by atoms with Crippen molar-refractivity contribution in [3.05, 3.63) is 63.6 Å². The number of phenols is 1. The summed E-state index contributed by atoms with van der Waals surface area (Å²) in [7, 11) is 0. The highest BCUT2D eigenvalue weighted by Gasteiger charge is 2.13. The maximum absolute atomic E-state index is 12.0. The van der Waals surface area contributed by atoms with E-state index in [1.54, 1.807) is 30.3 Å². The minimum atomic E-state index is -0.207. The van der Waals surface area contributed by atoms with Crippen LogP contribution in [0.3, 0.4) is 0 Å². The number of rotatable bonds is 5. The van der Waals surface area contributed by atoms with Crippen LogP contribution in [0.15, 0.2) is 42.5 Å². The zero-order chi connectivity index (χ0) is 16.1. The number of nitrogens with one attached hydrogen (secondary N) is 1. The van der Waals surface area contributed by atoms with Gasteiger partial charge in [-0.05, 0) is 42.7 Å². The van der Waals surface area contributed by atoms with Gasteiger partial charge in [0.2, 0.25) is 5.91 Å². The monoisotopic (exact) mass is 337 g/mol. The number of phenolic OH excluding ortho intramolecular Hbond substituents is 1. The molecule has 0 aliphatic rings. The van der Waals surface area contributed by atoms with Gasteiger partial charge in [0.05, 0.1) is 6.04 Å². The van der Waals surface area contributed by atoms with Gasteiger partial charge in [0, 0.05) is 16.5 Å². The number of amides is 1. The van der Waals surface area contributed by atoms with Gasteiger partial charge >= 0.3 is 0 Å². The largest absolute Gasteiger partial charge is 0.508 e. The zero-order valence-electron chi connectivity index (χ0n) is 12.1. The number of aryl methyl sites for hydroxylation is 1. The van der Waals surface area contributed by atoms with Crippen molar-refractivity contribution >= 4 is 29.1 Å². The highest BCUT2D eigenvalue weighted by atomic mass is 35.5. The van der Waals surface area contributed by atoms with Gasteiger partial charge in [-0.3, -0.25) is 4.79 Å². The fourth-order valence-corrected chi connectivity index (χ4v) is 2.79. The molecule has 0 spiro atoms. The average molecular weight is 338 g/mol. The van der Waals surface area contributed by atoms with Crippen LogP contribution in [0.4, 0.5) is 0 Å². The first-order valence-electron chi connectivity index (χ1n) is 6.98. The first kappa shape index (κ1) is 16.7. The quantitative estimate of drug-likeness (QED) is 0.843. The molecule has 0 saturated carbocycles. The molecule has 0 heterocycles. The predicted octanol–water partition coefficient (Wildman–Crippen LogP) is 4.51. The minimum absolute atomic E-state index is 0.0956. The van der Waals surface area contributed by atoms with Crippen molar-refractivity contribution in [2.75, 3.05) is 0 Å². The molecule has 0 aliphatic heterocycles. The van der Waals surface area contributed by atoms with Crippen molar-refractivity contribution in [1.29, 1.82) is 0 Å². The number of hydrogen-bond donors (Lipinski definition) is 2. The number of benzene rings is 2. The SMILES string of the molecule is CC(NC(=O)CCc1ccccc1O)c1ccc(Cl)cc1Cl. The van der Waals surface area contributed by atoms with Gasteiger partial charge in [-0.25, -0.2) is 0 Å². The lowest BCUT2D eigenvalue weighted by Gasteiger charge is -2.16. The summed E-state index contributed by atoms with van der Waals surface area (Å²) in [4.78, 5) is 12.0. The number of para-hydroxylation sites is 1. The summed E-state index contributed by atoms with van der Waals surface area (Å²) in [6.07, 6.45) is 0.784. The highest BCUT2D eigenvalue weighted by molar-refractivity contribution is 6.35. The Labute approximate surface area is 139 Å². The van der Waals surface area contributed by atoms with Gasteiger partial charge < -0.3 is 10.4 Å². The van der Waals surface area contributed by atoms with Crippen molar-refractivity contribution in [2.45, 2.75) is 25.8 Å². The van der Waals surface area contributed by atoms with Crippen LogP contribution >= 0.6 is 23.2 Å².